The van der Waals surface area contributed by atoms with Gasteiger partial charge in [0.05, 0.1) is 11.4 Å². The van der Waals surface area contributed by atoms with E-state index in [0.29, 0.717) is 16.6 Å². The van der Waals surface area contributed by atoms with Gasteiger partial charge in [-0.3, -0.25) is 4.79 Å². The fourth-order valence-corrected chi connectivity index (χ4v) is 3.44. The summed E-state index contributed by atoms with van der Waals surface area (Å²) >= 11 is 1.28. The van der Waals surface area contributed by atoms with Gasteiger partial charge in [0.15, 0.2) is 0 Å². The summed E-state index contributed by atoms with van der Waals surface area (Å²) in [4.78, 5) is 12.3. The molecule has 0 unspecified atom stereocenters. The highest BCUT2D eigenvalue weighted by atomic mass is 32.2. The number of rotatable bonds is 7. The first-order valence-electron chi connectivity index (χ1n) is 9.28. The number of tetrazole rings is 1. The van der Waals surface area contributed by atoms with Gasteiger partial charge in [-0.1, -0.05) is 42.1 Å². The van der Waals surface area contributed by atoms with Gasteiger partial charge in [0.25, 0.3) is 0 Å². The Morgan fingerprint density at radius 1 is 1.00 bits per heavy atom. The Morgan fingerprint density at radius 3 is 2.53 bits per heavy atom. The number of anilines is 1. The van der Waals surface area contributed by atoms with Crippen LogP contribution in [0.2, 0.25) is 0 Å². The molecular formula is C22H19N5O2S. The van der Waals surface area contributed by atoms with Crippen molar-refractivity contribution in [2.45, 2.75) is 12.1 Å². The quantitative estimate of drug-likeness (QED) is 0.446. The summed E-state index contributed by atoms with van der Waals surface area (Å²) in [5.41, 5.74) is 2.66. The third kappa shape index (κ3) is 5.03. The molecular weight excluding hydrogens is 398 g/mol. The molecule has 0 atom stereocenters. The van der Waals surface area contributed by atoms with E-state index >= 15 is 0 Å². The van der Waals surface area contributed by atoms with Crippen molar-refractivity contribution in [3.05, 3.63) is 84.4 Å². The molecule has 0 radical (unpaired) electrons. The number of thioether (sulfide) groups is 1. The summed E-state index contributed by atoms with van der Waals surface area (Å²) < 4.78 is 7.38. The molecule has 30 heavy (non-hydrogen) atoms. The Kier molecular flexibility index (Phi) is 6.05. The fourth-order valence-electron chi connectivity index (χ4n) is 2.75. The van der Waals surface area contributed by atoms with Gasteiger partial charge < -0.3 is 10.1 Å². The first-order chi connectivity index (χ1) is 14.7. The van der Waals surface area contributed by atoms with E-state index in [1.54, 1.807) is 16.8 Å². The SMILES string of the molecule is Cc1cccc(-n2nnnc2SCC(=O)Nc2ccc(Oc3ccccc3)cc2)c1. The molecule has 0 fully saturated rings. The predicted octanol–water partition coefficient (Wildman–Crippen LogP) is 4.49. The second-order valence-electron chi connectivity index (χ2n) is 6.49. The van der Waals surface area contributed by atoms with Crippen LogP contribution < -0.4 is 10.1 Å². The van der Waals surface area contributed by atoms with Crippen molar-refractivity contribution in [2.24, 2.45) is 0 Å². The first-order valence-corrected chi connectivity index (χ1v) is 10.3. The third-order valence-electron chi connectivity index (χ3n) is 4.14. The molecule has 0 bridgehead atoms. The van der Waals surface area contributed by atoms with Crippen molar-refractivity contribution in [1.29, 1.82) is 0 Å². The van der Waals surface area contributed by atoms with Gasteiger partial charge in [-0.2, -0.15) is 4.68 Å². The predicted molar refractivity (Wildman–Crippen MR) is 116 cm³/mol. The number of carbonyl (C=O) groups excluding carboxylic acids is 1. The monoisotopic (exact) mass is 417 g/mol. The minimum atomic E-state index is -0.143. The standard InChI is InChI=1S/C22H19N5O2S/c1-16-6-5-7-18(14-16)27-22(24-25-26-27)30-15-21(28)23-17-10-12-20(13-11-17)29-19-8-3-2-4-9-19/h2-14H,15H2,1H3,(H,23,28). The van der Waals surface area contributed by atoms with Crippen LogP contribution >= 0.6 is 11.8 Å². The molecule has 7 nitrogen and oxygen atoms in total. The Hall–Kier alpha value is -3.65. The largest absolute Gasteiger partial charge is 0.457 e. The normalized spacial score (nSPS) is 10.6. The molecule has 1 aromatic heterocycles. The van der Waals surface area contributed by atoms with Gasteiger partial charge in [-0.25, -0.2) is 0 Å². The van der Waals surface area contributed by atoms with Crippen LogP contribution in [0.5, 0.6) is 11.5 Å². The maximum Gasteiger partial charge on any atom is 0.234 e. The molecule has 1 amide bonds. The van der Waals surface area contributed by atoms with Crippen molar-refractivity contribution in [3.8, 4) is 17.2 Å². The number of aryl methyl sites for hydroxylation is 1. The Balaban J connectivity index is 1.33. The number of carbonyl (C=O) groups is 1. The summed E-state index contributed by atoms with van der Waals surface area (Å²) in [6.07, 6.45) is 0. The summed E-state index contributed by atoms with van der Waals surface area (Å²) in [6, 6.07) is 24.6. The van der Waals surface area contributed by atoms with E-state index in [4.69, 9.17) is 4.74 Å². The summed E-state index contributed by atoms with van der Waals surface area (Å²) in [6.45, 7) is 2.00. The first kappa shape index (κ1) is 19.7. The maximum absolute atomic E-state index is 12.3. The van der Waals surface area contributed by atoms with Crippen LogP contribution in [0.15, 0.2) is 84.0 Å². The highest BCUT2D eigenvalue weighted by Crippen LogP contribution is 2.23. The molecule has 0 spiro atoms. The van der Waals surface area contributed by atoms with E-state index in [9.17, 15) is 4.79 Å². The van der Waals surface area contributed by atoms with Crippen LogP contribution in [-0.4, -0.2) is 31.9 Å². The highest BCUT2D eigenvalue weighted by molar-refractivity contribution is 7.99. The minimum absolute atomic E-state index is 0.143. The van der Waals surface area contributed by atoms with Crippen molar-refractivity contribution in [1.82, 2.24) is 20.2 Å². The molecule has 1 N–H and O–H groups in total. The van der Waals surface area contributed by atoms with E-state index in [-0.39, 0.29) is 11.7 Å². The van der Waals surface area contributed by atoms with Crippen LogP contribution in [0.25, 0.3) is 5.69 Å². The number of amides is 1. The van der Waals surface area contributed by atoms with Crippen LogP contribution in [0.1, 0.15) is 5.56 Å². The molecule has 3 aromatic carbocycles. The van der Waals surface area contributed by atoms with Crippen LogP contribution in [-0.2, 0) is 4.79 Å². The molecule has 8 heteroatoms. The zero-order valence-corrected chi connectivity index (χ0v) is 17.0. The number of ether oxygens (including phenoxy) is 1. The van der Waals surface area contributed by atoms with Crippen molar-refractivity contribution < 1.29 is 9.53 Å². The number of benzene rings is 3. The van der Waals surface area contributed by atoms with Gasteiger partial charge >= 0.3 is 0 Å². The number of nitrogens with zero attached hydrogens (tertiary/aromatic N) is 4. The molecule has 4 rings (SSSR count). The molecule has 0 aliphatic rings. The fraction of sp³-hybridized carbons (Fsp3) is 0.0909. The third-order valence-corrected chi connectivity index (χ3v) is 5.06. The lowest BCUT2D eigenvalue weighted by Crippen LogP contribution is -2.14. The second kappa shape index (κ2) is 9.23. The zero-order valence-electron chi connectivity index (χ0n) is 16.2. The summed E-state index contributed by atoms with van der Waals surface area (Å²) in [5.74, 6) is 1.51. The lowest BCUT2D eigenvalue weighted by molar-refractivity contribution is -0.113. The maximum atomic E-state index is 12.3. The molecule has 0 aliphatic carbocycles. The topological polar surface area (TPSA) is 81.9 Å². The molecule has 1 heterocycles. The lowest BCUT2D eigenvalue weighted by Gasteiger charge is -2.08. The lowest BCUT2D eigenvalue weighted by atomic mass is 10.2. The van der Waals surface area contributed by atoms with Crippen LogP contribution in [0.4, 0.5) is 5.69 Å². The van der Waals surface area contributed by atoms with E-state index in [1.165, 1.54) is 11.8 Å². The number of para-hydroxylation sites is 1. The number of nitrogens with one attached hydrogen (secondary N) is 1. The Labute approximate surface area is 178 Å². The molecule has 4 aromatic rings. The Bertz CT molecular complexity index is 1130. The van der Waals surface area contributed by atoms with Gasteiger partial charge in [-0.15, -0.1) is 5.10 Å². The van der Waals surface area contributed by atoms with Crippen molar-refractivity contribution >= 4 is 23.4 Å². The van der Waals surface area contributed by atoms with Gasteiger partial charge in [-0.05, 0) is 71.4 Å². The number of hydrogen-bond acceptors (Lipinski definition) is 6. The van der Waals surface area contributed by atoms with E-state index in [1.807, 2.05) is 73.7 Å². The summed E-state index contributed by atoms with van der Waals surface area (Å²) in [7, 11) is 0. The minimum Gasteiger partial charge on any atom is -0.457 e. The average molecular weight is 417 g/mol. The second-order valence-corrected chi connectivity index (χ2v) is 7.43. The summed E-state index contributed by atoms with van der Waals surface area (Å²) in [5, 5.41) is 15.2. The van der Waals surface area contributed by atoms with Crippen LogP contribution in [0, 0.1) is 6.92 Å². The van der Waals surface area contributed by atoms with Gasteiger partial charge in [0.1, 0.15) is 11.5 Å². The van der Waals surface area contributed by atoms with E-state index < -0.39 is 0 Å². The van der Waals surface area contributed by atoms with E-state index in [2.05, 4.69) is 20.8 Å². The van der Waals surface area contributed by atoms with Gasteiger partial charge in [0, 0.05) is 5.69 Å². The number of hydrogen-bond donors (Lipinski definition) is 1. The molecule has 0 saturated heterocycles. The number of aromatic nitrogens is 4. The molecule has 0 saturated carbocycles. The highest BCUT2D eigenvalue weighted by Gasteiger charge is 2.12. The van der Waals surface area contributed by atoms with Gasteiger partial charge in [0.2, 0.25) is 11.1 Å². The van der Waals surface area contributed by atoms with Crippen molar-refractivity contribution in [2.75, 3.05) is 11.1 Å². The molecule has 150 valence electrons. The molecule has 0 aliphatic heterocycles. The zero-order chi connectivity index (χ0) is 20.8. The smallest absolute Gasteiger partial charge is 0.234 e. The van der Waals surface area contributed by atoms with Crippen molar-refractivity contribution in [3.63, 3.8) is 0 Å². The van der Waals surface area contributed by atoms with E-state index in [0.717, 1.165) is 17.0 Å². The average Bonchev–Trinajstić information content (AvgIpc) is 3.23. The van der Waals surface area contributed by atoms with Crippen LogP contribution in [0.3, 0.4) is 0 Å². The Morgan fingerprint density at radius 2 is 1.77 bits per heavy atom.